The van der Waals surface area contributed by atoms with Crippen LogP contribution in [0.3, 0.4) is 0 Å². The summed E-state index contributed by atoms with van der Waals surface area (Å²) in [6.07, 6.45) is 0. The molecule has 17 heavy (non-hydrogen) atoms. The Balaban J connectivity index is 2.18. The predicted octanol–water partition coefficient (Wildman–Crippen LogP) is 1.52. The zero-order chi connectivity index (χ0) is 12.4. The average Bonchev–Trinajstić information content (AvgIpc) is 2.82. The van der Waals surface area contributed by atoms with Gasteiger partial charge in [-0.25, -0.2) is 4.98 Å². The number of hydrogen-bond acceptors (Lipinski definition) is 7. The number of nitrogens with zero attached hydrogens (tertiary/aromatic N) is 3. The van der Waals surface area contributed by atoms with Gasteiger partial charge in [-0.05, 0) is 6.92 Å². The molecule has 0 spiro atoms. The number of aromatic nitrogens is 3. The highest BCUT2D eigenvalue weighted by molar-refractivity contribution is 7.99. The molecule has 2 aromatic heterocycles. The molecule has 0 radical (unpaired) electrons. The second kappa shape index (κ2) is 4.58. The lowest BCUT2D eigenvalue weighted by Gasteiger charge is -1.89. The van der Waals surface area contributed by atoms with Gasteiger partial charge in [0.2, 0.25) is 5.76 Å². The minimum atomic E-state index is -0.943. The Bertz CT molecular complexity index is 548. The number of aliphatic carboxylic acids is 1. The Morgan fingerprint density at radius 3 is 2.71 bits per heavy atom. The summed E-state index contributed by atoms with van der Waals surface area (Å²) in [5, 5.41) is 16.2. The van der Waals surface area contributed by atoms with Crippen molar-refractivity contribution in [3.8, 4) is 11.7 Å². The lowest BCUT2D eigenvalue weighted by Crippen LogP contribution is -1.97. The van der Waals surface area contributed by atoms with E-state index in [1.165, 1.54) is 0 Å². The summed E-state index contributed by atoms with van der Waals surface area (Å²) in [5.41, 5.74) is 0.654. The van der Waals surface area contributed by atoms with Gasteiger partial charge in [-0.15, -0.1) is 10.2 Å². The third-order valence-corrected chi connectivity index (χ3v) is 2.63. The zero-order valence-electron chi connectivity index (χ0n) is 9.13. The van der Waals surface area contributed by atoms with E-state index in [0.29, 0.717) is 17.3 Å². The van der Waals surface area contributed by atoms with Crippen LogP contribution in [-0.2, 0) is 4.79 Å². The summed E-state index contributed by atoms with van der Waals surface area (Å²) < 4.78 is 10.6. The monoisotopic (exact) mass is 255 g/mol. The van der Waals surface area contributed by atoms with Crippen molar-refractivity contribution in [1.29, 1.82) is 0 Å². The first-order valence-electron chi connectivity index (χ1n) is 4.69. The SMILES string of the molecule is Cc1nc(C)c(-c2nnc(SCC(=O)O)o2)o1. The van der Waals surface area contributed by atoms with E-state index in [4.69, 9.17) is 13.9 Å². The fourth-order valence-electron chi connectivity index (χ4n) is 1.21. The molecule has 0 saturated carbocycles. The number of carboxylic acids is 1. The predicted molar refractivity (Wildman–Crippen MR) is 57.6 cm³/mol. The average molecular weight is 255 g/mol. The van der Waals surface area contributed by atoms with Gasteiger partial charge < -0.3 is 13.9 Å². The summed E-state index contributed by atoms with van der Waals surface area (Å²) >= 11 is 0.955. The second-order valence-electron chi connectivity index (χ2n) is 3.20. The number of hydrogen-bond donors (Lipinski definition) is 1. The Kier molecular flexibility index (Phi) is 3.14. The molecule has 8 heteroatoms. The maximum absolute atomic E-state index is 10.4. The first-order valence-corrected chi connectivity index (χ1v) is 5.67. The van der Waals surface area contributed by atoms with Crippen molar-refractivity contribution < 1.29 is 18.7 Å². The molecular weight excluding hydrogens is 246 g/mol. The lowest BCUT2D eigenvalue weighted by molar-refractivity contribution is -0.133. The molecule has 7 nitrogen and oxygen atoms in total. The van der Waals surface area contributed by atoms with Gasteiger partial charge in [0.15, 0.2) is 5.89 Å². The molecule has 1 N–H and O–H groups in total. The van der Waals surface area contributed by atoms with Gasteiger partial charge in [0.1, 0.15) is 5.75 Å². The first-order chi connectivity index (χ1) is 8.06. The molecule has 0 aromatic carbocycles. The summed E-state index contributed by atoms with van der Waals surface area (Å²) in [4.78, 5) is 14.4. The van der Waals surface area contributed by atoms with Gasteiger partial charge in [-0.2, -0.15) is 0 Å². The van der Waals surface area contributed by atoms with Crippen LogP contribution in [0.1, 0.15) is 11.6 Å². The number of aryl methyl sites for hydroxylation is 2. The Hall–Kier alpha value is -1.83. The van der Waals surface area contributed by atoms with E-state index in [1.54, 1.807) is 13.8 Å². The fourth-order valence-corrected chi connectivity index (χ4v) is 1.70. The summed E-state index contributed by atoms with van der Waals surface area (Å²) in [5.74, 6) is 0.0563. The van der Waals surface area contributed by atoms with Crippen molar-refractivity contribution in [3.63, 3.8) is 0 Å². The normalized spacial score (nSPS) is 10.7. The number of rotatable bonds is 4. The van der Waals surface area contributed by atoms with E-state index in [0.717, 1.165) is 11.8 Å². The van der Waals surface area contributed by atoms with E-state index >= 15 is 0 Å². The molecular formula is C9H9N3O4S. The largest absolute Gasteiger partial charge is 0.481 e. The van der Waals surface area contributed by atoms with Gasteiger partial charge in [-0.3, -0.25) is 4.79 Å². The quantitative estimate of drug-likeness (QED) is 0.820. The van der Waals surface area contributed by atoms with Gasteiger partial charge in [0.05, 0.1) is 5.69 Å². The van der Waals surface area contributed by atoms with Gasteiger partial charge >= 0.3 is 5.97 Å². The maximum Gasteiger partial charge on any atom is 0.314 e. The Morgan fingerprint density at radius 1 is 1.35 bits per heavy atom. The summed E-state index contributed by atoms with van der Waals surface area (Å²) in [6.45, 7) is 3.48. The van der Waals surface area contributed by atoms with E-state index in [1.807, 2.05) is 0 Å². The van der Waals surface area contributed by atoms with Crippen LogP contribution in [0.5, 0.6) is 0 Å². The molecule has 2 aromatic rings. The molecule has 0 fully saturated rings. The zero-order valence-corrected chi connectivity index (χ0v) is 9.95. The molecule has 0 aliphatic rings. The van der Waals surface area contributed by atoms with Gasteiger partial charge in [0.25, 0.3) is 11.1 Å². The highest BCUT2D eigenvalue weighted by atomic mass is 32.2. The minimum absolute atomic E-state index is 0.129. The van der Waals surface area contributed by atoms with E-state index in [-0.39, 0.29) is 16.9 Å². The second-order valence-corrected chi connectivity index (χ2v) is 4.13. The maximum atomic E-state index is 10.4. The van der Waals surface area contributed by atoms with Crippen LogP contribution in [0.15, 0.2) is 14.1 Å². The number of carboxylic acid groups (broad SMARTS) is 1. The van der Waals surface area contributed by atoms with Crippen LogP contribution >= 0.6 is 11.8 Å². The van der Waals surface area contributed by atoms with Crippen molar-refractivity contribution in [1.82, 2.24) is 15.2 Å². The van der Waals surface area contributed by atoms with Crippen molar-refractivity contribution in [2.75, 3.05) is 5.75 Å². The van der Waals surface area contributed by atoms with E-state index in [9.17, 15) is 4.79 Å². The molecule has 0 bridgehead atoms. The van der Waals surface area contributed by atoms with Crippen LogP contribution < -0.4 is 0 Å². The van der Waals surface area contributed by atoms with E-state index in [2.05, 4.69) is 15.2 Å². The smallest absolute Gasteiger partial charge is 0.314 e. The van der Waals surface area contributed by atoms with Crippen LogP contribution in [0.25, 0.3) is 11.7 Å². The number of thioether (sulfide) groups is 1. The third kappa shape index (κ3) is 2.64. The van der Waals surface area contributed by atoms with Crippen LogP contribution in [0, 0.1) is 13.8 Å². The molecule has 90 valence electrons. The topological polar surface area (TPSA) is 102 Å². The fraction of sp³-hybridized carbons (Fsp3) is 0.333. The highest BCUT2D eigenvalue weighted by Crippen LogP contribution is 2.26. The summed E-state index contributed by atoms with van der Waals surface area (Å²) in [7, 11) is 0. The third-order valence-electron chi connectivity index (χ3n) is 1.82. The Labute approximate surface area is 100 Å². The standard InChI is InChI=1S/C9H9N3O4S/c1-4-7(15-5(2)10-4)8-11-12-9(16-8)17-3-6(13)14/h3H2,1-2H3,(H,13,14). The minimum Gasteiger partial charge on any atom is -0.481 e. The molecule has 0 aliphatic carbocycles. The molecule has 0 saturated heterocycles. The van der Waals surface area contributed by atoms with E-state index < -0.39 is 5.97 Å². The van der Waals surface area contributed by atoms with Crippen molar-refractivity contribution in [2.24, 2.45) is 0 Å². The highest BCUT2D eigenvalue weighted by Gasteiger charge is 2.17. The molecule has 0 amide bonds. The van der Waals surface area contributed by atoms with Crippen molar-refractivity contribution in [3.05, 3.63) is 11.6 Å². The lowest BCUT2D eigenvalue weighted by atomic mass is 10.4. The van der Waals surface area contributed by atoms with Gasteiger partial charge in [0, 0.05) is 6.92 Å². The molecule has 0 unspecified atom stereocenters. The summed E-state index contributed by atoms with van der Waals surface area (Å²) in [6, 6.07) is 0. The van der Waals surface area contributed by atoms with Crippen LogP contribution in [0.4, 0.5) is 0 Å². The number of carbonyl (C=O) groups is 1. The van der Waals surface area contributed by atoms with Crippen LogP contribution in [0.2, 0.25) is 0 Å². The van der Waals surface area contributed by atoms with Gasteiger partial charge in [-0.1, -0.05) is 11.8 Å². The van der Waals surface area contributed by atoms with Crippen molar-refractivity contribution >= 4 is 17.7 Å². The van der Waals surface area contributed by atoms with Crippen molar-refractivity contribution in [2.45, 2.75) is 19.1 Å². The Morgan fingerprint density at radius 2 is 2.12 bits per heavy atom. The molecule has 2 heterocycles. The molecule has 2 rings (SSSR count). The number of oxazole rings is 1. The molecule has 0 atom stereocenters. The molecule has 0 aliphatic heterocycles. The van der Waals surface area contributed by atoms with Crippen LogP contribution in [-0.4, -0.2) is 32.0 Å². The first kappa shape index (κ1) is 11.6.